The molecule has 0 aliphatic rings. The second-order valence-electron chi connectivity index (χ2n) is 4.01. The summed E-state index contributed by atoms with van der Waals surface area (Å²) in [6.07, 6.45) is 0. The molecule has 0 radical (unpaired) electrons. The molecule has 0 spiro atoms. The molecule has 2 aromatic rings. The number of hydrogen-bond acceptors (Lipinski definition) is 6. The number of nitrogen functional groups attached to an aromatic ring is 1. The van der Waals surface area contributed by atoms with Gasteiger partial charge in [-0.3, -0.25) is 4.79 Å². The van der Waals surface area contributed by atoms with Gasteiger partial charge in [0.15, 0.2) is 11.5 Å². The number of hydrogen-bond donors (Lipinski definition) is 4. The van der Waals surface area contributed by atoms with Gasteiger partial charge in [-0.05, 0) is 28.1 Å². The summed E-state index contributed by atoms with van der Waals surface area (Å²) in [4.78, 5) is 14.0. The third-order valence-corrected chi connectivity index (χ3v) is 3.48. The molecule has 0 atom stereocenters. The molecule has 0 bridgehead atoms. The van der Waals surface area contributed by atoms with Crippen LogP contribution >= 0.6 is 15.9 Å². The molecule has 104 valence electrons. The highest BCUT2D eigenvalue weighted by Crippen LogP contribution is 2.43. The molecule has 0 aliphatic carbocycles. The minimum absolute atomic E-state index is 0.0402. The Bertz CT molecular complexity index is 890. The molecule has 0 fully saturated rings. The summed E-state index contributed by atoms with van der Waals surface area (Å²) >= 11 is 3.02. The van der Waals surface area contributed by atoms with Gasteiger partial charge in [-0.25, -0.2) is 0 Å². The summed E-state index contributed by atoms with van der Waals surface area (Å²) in [6.45, 7) is 0. The lowest BCUT2D eigenvalue weighted by atomic mass is 9.95. The van der Waals surface area contributed by atoms with Crippen molar-refractivity contribution in [1.29, 1.82) is 10.5 Å². The van der Waals surface area contributed by atoms with Crippen molar-refractivity contribution < 1.29 is 10.2 Å². The molecule has 0 saturated carbocycles. The monoisotopic (exact) mass is 346 g/mol. The first-order chi connectivity index (χ1) is 9.92. The van der Waals surface area contributed by atoms with Crippen molar-refractivity contribution in [2.24, 2.45) is 0 Å². The van der Waals surface area contributed by atoms with Crippen molar-refractivity contribution in [3.05, 3.63) is 38.1 Å². The number of aromatic amines is 1. The van der Waals surface area contributed by atoms with Crippen LogP contribution in [-0.2, 0) is 0 Å². The van der Waals surface area contributed by atoms with Gasteiger partial charge in [-0.15, -0.1) is 0 Å². The Morgan fingerprint density at radius 3 is 2.33 bits per heavy atom. The fourth-order valence-corrected chi connectivity index (χ4v) is 2.19. The number of rotatable bonds is 1. The average molecular weight is 347 g/mol. The summed E-state index contributed by atoms with van der Waals surface area (Å²) in [5, 5.41) is 38.0. The molecular formula is C13H7BrN4O3. The van der Waals surface area contributed by atoms with Crippen molar-refractivity contribution in [2.45, 2.75) is 0 Å². The lowest BCUT2D eigenvalue weighted by molar-refractivity contribution is 0.403. The molecule has 21 heavy (non-hydrogen) atoms. The third kappa shape index (κ3) is 2.18. The maximum absolute atomic E-state index is 11.8. The van der Waals surface area contributed by atoms with E-state index in [2.05, 4.69) is 20.9 Å². The SMILES string of the molecule is N#Cc1c(N)[nH]c(=O)c(C#N)c1-c1ccc(Br)c(O)c1O. The molecule has 1 aromatic heterocycles. The van der Waals surface area contributed by atoms with Crippen LogP contribution in [-0.4, -0.2) is 15.2 Å². The van der Waals surface area contributed by atoms with Crippen LogP contribution in [0.25, 0.3) is 11.1 Å². The molecule has 0 amide bonds. The van der Waals surface area contributed by atoms with E-state index < -0.39 is 17.1 Å². The van der Waals surface area contributed by atoms with Crippen LogP contribution in [0.15, 0.2) is 21.4 Å². The summed E-state index contributed by atoms with van der Waals surface area (Å²) < 4.78 is 0.221. The number of pyridine rings is 1. The Labute approximate surface area is 126 Å². The highest BCUT2D eigenvalue weighted by atomic mass is 79.9. The van der Waals surface area contributed by atoms with Crippen LogP contribution in [0.5, 0.6) is 11.5 Å². The number of aromatic hydroxyl groups is 2. The summed E-state index contributed by atoms with van der Waals surface area (Å²) in [5.41, 5.74) is 4.08. The van der Waals surface area contributed by atoms with Crippen LogP contribution in [0.3, 0.4) is 0 Å². The maximum atomic E-state index is 11.8. The number of nitrogens with zero attached hydrogens (tertiary/aromatic N) is 2. The fourth-order valence-electron chi connectivity index (χ4n) is 1.87. The second kappa shape index (κ2) is 5.19. The van der Waals surface area contributed by atoms with Crippen molar-refractivity contribution in [1.82, 2.24) is 4.98 Å². The molecule has 0 unspecified atom stereocenters. The molecule has 1 aromatic carbocycles. The standard InChI is InChI=1S/C13H7BrN4O3/c14-8-2-1-5(10(19)11(8)20)9-6(3-15)12(17)18-13(21)7(9)4-16/h1-2,19-20H,(H3,17,18,21). The first kappa shape index (κ1) is 14.4. The van der Waals surface area contributed by atoms with Gasteiger partial charge in [-0.1, -0.05) is 0 Å². The van der Waals surface area contributed by atoms with Crippen LogP contribution in [0.4, 0.5) is 5.82 Å². The summed E-state index contributed by atoms with van der Waals surface area (Å²) in [6, 6.07) is 6.21. The number of nitrogens with two attached hydrogens (primary N) is 1. The minimum Gasteiger partial charge on any atom is -0.504 e. The number of phenols is 2. The van der Waals surface area contributed by atoms with Gasteiger partial charge in [0.25, 0.3) is 5.56 Å². The van der Waals surface area contributed by atoms with E-state index >= 15 is 0 Å². The maximum Gasteiger partial charge on any atom is 0.268 e. The fraction of sp³-hybridized carbons (Fsp3) is 0. The van der Waals surface area contributed by atoms with Gasteiger partial charge in [0, 0.05) is 11.1 Å². The lowest BCUT2D eigenvalue weighted by Crippen LogP contribution is -2.16. The number of benzene rings is 1. The molecule has 0 saturated heterocycles. The number of phenolic OH excluding ortho intramolecular Hbond substituents is 2. The van der Waals surface area contributed by atoms with E-state index in [-0.39, 0.29) is 32.5 Å². The van der Waals surface area contributed by atoms with Crippen LogP contribution < -0.4 is 11.3 Å². The Kier molecular flexibility index (Phi) is 3.57. The van der Waals surface area contributed by atoms with Gasteiger partial charge in [0.2, 0.25) is 0 Å². The molecule has 7 nitrogen and oxygen atoms in total. The van der Waals surface area contributed by atoms with Gasteiger partial charge in [-0.2, -0.15) is 10.5 Å². The van der Waals surface area contributed by atoms with E-state index in [0.29, 0.717) is 0 Å². The number of nitrogens with one attached hydrogen (secondary N) is 1. The zero-order chi connectivity index (χ0) is 15.7. The normalized spacial score (nSPS) is 9.86. The van der Waals surface area contributed by atoms with Gasteiger partial charge in [0.05, 0.1) is 4.47 Å². The lowest BCUT2D eigenvalue weighted by Gasteiger charge is -2.11. The number of halogens is 1. The molecule has 8 heteroatoms. The van der Waals surface area contributed by atoms with Crippen molar-refractivity contribution in [3.63, 3.8) is 0 Å². The Hall–Kier alpha value is -2.97. The first-order valence-corrected chi connectivity index (χ1v) is 6.28. The van der Waals surface area contributed by atoms with E-state index in [1.165, 1.54) is 12.1 Å². The molecule has 1 heterocycles. The predicted molar refractivity (Wildman–Crippen MR) is 77.4 cm³/mol. The summed E-state index contributed by atoms with van der Waals surface area (Å²) in [7, 11) is 0. The van der Waals surface area contributed by atoms with Crippen molar-refractivity contribution in [2.75, 3.05) is 5.73 Å². The van der Waals surface area contributed by atoms with E-state index in [0.717, 1.165) is 0 Å². The quantitative estimate of drug-likeness (QED) is 0.575. The Morgan fingerprint density at radius 1 is 1.14 bits per heavy atom. The van der Waals surface area contributed by atoms with E-state index in [1.807, 2.05) is 0 Å². The third-order valence-electron chi connectivity index (χ3n) is 2.84. The zero-order valence-corrected chi connectivity index (χ0v) is 11.9. The largest absolute Gasteiger partial charge is 0.504 e. The number of nitriles is 2. The highest BCUT2D eigenvalue weighted by Gasteiger charge is 2.22. The van der Waals surface area contributed by atoms with Crippen LogP contribution in [0, 0.1) is 22.7 Å². The van der Waals surface area contributed by atoms with E-state index in [1.54, 1.807) is 12.1 Å². The molecule has 5 N–H and O–H groups in total. The average Bonchev–Trinajstić information content (AvgIpc) is 2.44. The molecule has 0 aliphatic heterocycles. The summed E-state index contributed by atoms with van der Waals surface area (Å²) in [5.74, 6) is -1.26. The molecule has 2 rings (SSSR count). The molecular weight excluding hydrogens is 340 g/mol. The predicted octanol–water partition coefficient (Wildman–Crippen LogP) is 1.54. The van der Waals surface area contributed by atoms with E-state index in [9.17, 15) is 20.3 Å². The first-order valence-electron chi connectivity index (χ1n) is 5.49. The number of anilines is 1. The highest BCUT2D eigenvalue weighted by molar-refractivity contribution is 9.10. The number of H-pyrrole nitrogens is 1. The Balaban J connectivity index is 3.01. The zero-order valence-electron chi connectivity index (χ0n) is 10.3. The Morgan fingerprint density at radius 2 is 1.76 bits per heavy atom. The van der Waals surface area contributed by atoms with Gasteiger partial charge >= 0.3 is 0 Å². The second-order valence-corrected chi connectivity index (χ2v) is 4.86. The van der Waals surface area contributed by atoms with Crippen LogP contribution in [0.1, 0.15) is 11.1 Å². The number of aromatic nitrogens is 1. The topological polar surface area (TPSA) is 147 Å². The van der Waals surface area contributed by atoms with Crippen molar-refractivity contribution >= 4 is 21.7 Å². The van der Waals surface area contributed by atoms with Crippen LogP contribution in [0.2, 0.25) is 0 Å². The van der Waals surface area contributed by atoms with Crippen molar-refractivity contribution in [3.8, 4) is 34.8 Å². The minimum atomic E-state index is -0.786. The van der Waals surface area contributed by atoms with E-state index in [4.69, 9.17) is 11.0 Å². The van der Waals surface area contributed by atoms with Gasteiger partial charge < -0.3 is 20.9 Å². The van der Waals surface area contributed by atoms with Gasteiger partial charge in [0.1, 0.15) is 29.1 Å². The smallest absolute Gasteiger partial charge is 0.268 e.